The molecule has 5 heteroatoms. The first-order valence-electron chi connectivity index (χ1n) is 9.85. The fourth-order valence-corrected chi connectivity index (χ4v) is 3.71. The highest BCUT2D eigenvalue weighted by Crippen LogP contribution is 2.36. The Labute approximate surface area is 175 Å². The van der Waals surface area contributed by atoms with Crippen LogP contribution < -0.4 is 4.90 Å². The van der Waals surface area contributed by atoms with Crippen molar-refractivity contribution in [1.82, 2.24) is 0 Å². The molecule has 5 nitrogen and oxygen atoms in total. The van der Waals surface area contributed by atoms with Gasteiger partial charge in [0.25, 0.3) is 0 Å². The van der Waals surface area contributed by atoms with Crippen LogP contribution in [0.5, 0.6) is 0 Å². The van der Waals surface area contributed by atoms with Crippen LogP contribution in [0.15, 0.2) is 78.9 Å². The summed E-state index contributed by atoms with van der Waals surface area (Å²) in [6, 6.07) is 24.8. The summed E-state index contributed by atoms with van der Waals surface area (Å²) in [6.07, 6.45) is 0.339. The Morgan fingerprint density at radius 3 is 2.37 bits per heavy atom. The van der Waals surface area contributed by atoms with Gasteiger partial charge in [-0.1, -0.05) is 54.6 Å². The molecule has 3 aromatic rings. The largest absolute Gasteiger partial charge is 0.465 e. The number of anilines is 1. The number of nitrogens with zero attached hydrogens (tertiary/aromatic N) is 1. The number of esters is 1. The van der Waals surface area contributed by atoms with E-state index >= 15 is 0 Å². The fourth-order valence-electron chi connectivity index (χ4n) is 3.71. The molecule has 4 rings (SSSR count). The molecule has 0 aromatic heterocycles. The molecule has 0 radical (unpaired) electrons. The molecule has 30 heavy (non-hydrogen) atoms. The van der Waals surface area contributed by atoms with Crippen molar-refractivity contribution in [2.24, 2.45) is 0 Å². The van der Waals surface area contributed by atoms with Crippen molar-refractivity contribution in [3.63, 3.8) is 0 Å². The standard InChI is InChI=1S/C25H23NO4/c1-25(21-8-4-3-5-9-21)15-16-26(24(28)30-25)22-10-6-7-20(17-22)18-11-13-19(14-12-18)23(27)29-2/h3-14,17H,15-16H2,1-2H3. The lowest BCUT2D eigenvalue weighted by molar-refractivity contribution is 0.00581. The minimum absolute atomic E-state index is 0.356. The van der Waals surface area contributed by atoms with Gasteiger partial charge in [0.15, 0.2) is 0 Å². The van der Waals surface area contributed by atoms with Gasteiger partial charge in [-0.25, -0.2) is 9.59 Å². The van der Waals surface area contributed by atoms with Gasteiger partial charge in [-0.05, 0) is 47.9 Å². The Bertz CT molecular complexity index is 1060. The Balaban J connectivity index is 1.55. The van der Waals surface area contributed by atoms with E-state index in [9.17, 15) is 9.59 Å². The van der Waals surface area contributed by atoms with E-state index in [0.29, 0.717) is 18.5 Å². The van der Waals surface area contributed by atoms with Crippen molar-refractivity contribution in [2.75, 3.05) is 18.6 Å². The second kappa shape index (κ2) is 8.03. The predicted molar refractivity (Wildman–Crippen MR) is 115 cm³/mol. The van der Waals surface area contributed by atoms with Crippen LogP contribution in [0.4, 0.5) is 10.5 Å². The highest BCUT2D eigenvalue weighted by Gasteiger charge is 2.38. The molecule has 1 amide bonds. The summed E-state index contributed by atoms with van der Waals surface area (Å²) in [4.78, 5) is 26.1. The van der Waals surface area contributed by atoms with Gasteiger partial charge in [-0.3, -0.25) is 4.90 Å². The average Bonchev–Trinajstić information content (AvgIpc) is 2.79. The number of ether oxygens (including phenoxy) is 2. The highest BCUT2D eigenvalue weighted by molar-refractivity contribution is 5.91. The van der Waals surface area contributed by atoms with Crippen LogP contribution >= 0.6 is 0 Å². The zero-order chi connectivity index (χ0) is 21.1. The number of carbonyl (C=O) groups excluding carboxylic acids is 2. The van der Waals surface area contributed by atoms with E-state index < -0.39 is 5.60 Å². The summed E-state index contributed by atoms with van der Waals surface area (Å²) in [5.41, 5.74) is 3.55. The zero-order valence-electron chi connectivity index (χ0n) is 17.0. The second-order valence-corrected chi connectivity index (χ2v) is 7.49. The predicted octanol–water partition coefficient (Wildman–Crippen LogP) is 5.40. The molecule has 1 fully saturated rings. The maximum Gasteiger partial charge on any atom is 0.415 e. The number of rotatable bonds is 4. The molecular weight excluding hydrogens is 378 g/mol. The van der Waals surface area contributed by atoms with Gasteiger partial charge in [0.2, 0.25) is 0 Å². The summed E-state index contributed by atoms with van der Waals surface area (Å²) in [6.45, 7) is 2.52. The van der Waals surface area contributed by atoms with Crippen LogP contribution in [0.2, 0.25) is 0 Å². The molecule has 1 heterocycles. The Morgan fingerprint density at radius 1 is 0.967 bits per heavy atom. The molecular formula is C25H23NO4. The van der Waals surface area contributed by atoms with E-state index in [0.717, 1.165) is 22.4 Å². The Kier molecular flexibility index (Phi) is 5.27. The third-order valence-electron chi connectivity index (χ3n) is 5.53. The van der Waals surface area contributed by atoms with Crippen LogP contribution in [0.3, 0.4) is 0 Å². The quantitative estimate of drug-likeness (QED) is 0.549. The molecule has 1 unspecified atom stereocenters. The lowest BCUT2D eigenvalue weighted by atomic mass is 9.91. The maximum absolute atomic E-state index is 12.8. The van der Waals surface area contributed by atoms with Crippen LogP contribution in [-0.2, 0) is 15.1 Å². The van der Waals surface area contributed by atoms with E-state index in [-0.39, 0.29) is 12.1 Å². The van der Waals surface area contributed by atoms with Gasteiger partial charge in [0, 0.05) is 18.7 Å². The van der Waals surface area contributed by atoms with Gasteiger partial charge in [-0.2, -0.15) is 0 Å². The highest BCUT2D eigenvalue weighted by atomic mass is 16.6. The minimum Gasteiger partial charge on any atom is -0.465 e. The number of hydrogen-bond acceptors (Lipinski definition) is 4. The van der Waals surface area contributed by atoms with Crippen molar-refractivity contribution in [3.05, 3.63) is 90.0 Å². The summed E-state index contributed by atoms with van der Waals surface area (Å²) >= 11 is 0. The second-order valence-electron chi connectivity index (χ2n) is 7.49. The summed E-state index contributed by atoms with van der Waals surface area (Å²) in [5.74, 6) is -0.368. The van der Waals surface area contributed by atoms with Gasteiger partial charge in [-0.15, -0.1) is 0 Å². The molecule has 1 aliphatic heterocycles. The molecule has 3 aromatic carbocycles. The lowest BCUT2D eigenvalue weighted by Crippen LogP contribution is -2.46. The van der Waals surface area contributed by atoms with Crippen LogP contribution in [0.25, 0.3) is 11.1 Å². The molecule has 1 saturated heterocycles. The summed E-state index contributed by atoms with van der Waals surface area (Å²) in [7, 11) is 1.36. The number of hydrogen-bond donors (Lipinski definition) is 0. The van der Waals surface area contributed by atoms with Gasteiger partial charge in [0.05, 0.1) is 12.7 Å². The molecule has 0 aliphatic carbocycles. The van der Waals surface area contributed by atoms with E-state index in [4.69, 9.17) is 9.47 Å². The summed E-state index contributed by atoms with van der Waals surface area (Å²) in [5, 5.41) is 0. The van der Waals surface area contributed by atoms with Gasteiger partial charge in [0.1, 0.15) is 5.60 Å². The Hall–Kier alpha value is -3.60. The van der Waals surface area contributed by atoms with Crippen LogP contribution in [-0.4, -0.2) is 25.7 Å². The number of methoxy groups -OCH3 is 1. The normalized spacial score (nSPS) is 18.6. The monoisotopic (exact) mass is 401 g/mol. The van der Waals surface area contributed by atoms with Crippen molar-refractivity contribution in [1.29, 1.82) is 0 Å². The molecule has 1 aliphatic rings. The lowest BCUT2D eigenvalue weighted by Gasteiger charge is -2.39. The number of benzene rings is 3. The molecule has 1 atom stereocenters. The third kappa shape index (κ3) is 3.79. The van der Waals surface area contributed by atoms with E-state index in [1.165, 1.54) is 7.11 Å². The third-order valence-corrected chi connectivity index (χ3v) is 5.53. The molecule has 152 valence electrons. The molecule has 0 saturated carbocycles. The van der Waals surface area contributed by atoms with Crippen molar-refractivity contribution in [3.8, 4) is 11.1 Å². The van der Waals surface area contributed by atoms with Crippen LogP contribution in [0, 0.1) is 0 Å². The summed E-state index contributed by atoms with van der Waals surface area (Å²) < 4.78 is 10.6. The van der Waals surface area contributed by atoms with Crippen molar-refractivity contribution in [2.45, 2.75) is 18.9 Å². The van der Waals surface area contributed by atoms with E-state index in [1.807, 2.05) is 73.7 Å². The van der Waals surface area contributed by atoms with E-state index in [1.54, 1.807) is 17.0 Å². The topological polar surface area (TPSA) is 55.8 Å². The molecule has 0 bridgehead atoms. The number of carbonyl (C=O) groups is 2. The first kappa shape index (κ1) is 19.7. The van der Waals surface area contributed by atoms with Gasteiger partial charge < -0.3 is 9.47 Å². The minimum atomic E-state index is -0.629. The Morgan fingerprint density at radius 2 is 1.70 bits per heavy atom. The van der Waals surface area contributed by atoms with Crippen molar-refractivity contribution < 1.29 is 19.1 Å². The molecule has 0 spiro atoms. The first-order chi connectivity index (χ1) is 14.5. The van der Waals surface area contributed by atoms with Crippen molar-refractivity contribution >= 4 is 17.7 Å². The maximum atomic E-state index is 12.8. The number of amides is 1. The molecule has 0 N–H and O–H groups in total. The fraction of sp³-hybridized carbons (Fsp3) is 0.200. The average molecular weight is 401 g/mol. The van der Waals surface area contributed by atoms with Crippen LogP contribution in [0.1, 0.15) is 29.3 Å². The number of cyclic esters (lactones) is 1. The van der Waals surface area contributed by atoms with Gasteiger partial charge >= 0.3 is 12.1 Å². The SMILES string of the molecule is COC(=O)c1ccc(-c2cccc(N3CCC(C)(c4ccccc4)OC3=O)c2)cc1. The smallest absolute Gasteiger partial charge is 0.415 e. The first-order valence-corrected chi connectivity index (χ1v) is 9.85. The van der Waals surface area contributed by atoms with E-state index in [2.05, 4.69) is 0 Å². The zero-order valence-corrected chi connectivity index (χ0v) is 17.0.